The number of aromatic amines is 1. The predicted molar refractivity (Wildman–Crippen MR) is 113 cm³/mol. The standard InChI is InChI=1S/C21H25N7O/c22-13-18-25-20(27-26-18)15-5-8-17(9-6-15)24-21(29)16-7-10-19(23-14-16)28-11-3-1-2-4-12-28/h5-10,14H,1-4,11-13,22H2,(H,24,29)(H,25,26,27). The molecule has 3 heterocycles. The monoisotopic (exact) mass is 391 g/mol. The van der Waals surface area contributed by atoms with Crippen molar-refractivity contribution in [3.8, 4) is 11.4 Å². The Hall–Kier alpha value is -3.26. The number of H-pyrrole nitrogens is 1. The highest BCUT2D eigenvalue weighted by atomic mass is 16.1. The maximum Gasteiger partial charge on any atom is 0.257 e. The van der Waals surface area contributed by atoms with E-state index < -0.39 is 0 Å². The lowest BCUT2D eigenvalue weighted by atomic mass is 10.2. The first kappa shape index (κ1) is 19.1. The molecule has 0 atom stereocenters. The van der Waals surface area contributed by atoms with Crippen LogP contribution in [-0.2, 0) is 6.54 Å². The van der Waals surface area contributed by atoms with Crippen molar-refractivity contribution in [1.82, 2.24) is 20.2 Å². The lowest BCUT2D eigenvalue weighted by Crippen LogP contribution is -2.25. The van der Waals surface area contributed by atoms with E-state index in [1.54, 1.807) is 6.20 Å². The highest BCUT2D eigenvalue weighted by molar-refractivity contribution is 6.04. The van der Waals surface area contributed by atoms with Gasteiger partial charge in [-0.25, -0.2) is 9.97 Å². The molecular formula is C21H25N7O. The molecule has 0 bridgehead atoms. The van der Waals surface area contributed by atoms with Gasteiger partial charge in [-0.1, -0.05) is 12.8 Å². The first-order valence-electron chi connectivity index (χ1n) is 9.97. The summed E-state index contributed by atoms with van der Waals surface area (Å²) in [6.45, 7) is 2.37. The third-order valence-electron chi connectivity index (χ3n) is 5.07. The normalized spacial score (nSPS) is 14.4. The summed E-state index contributed by atoms with van der Waals surface area (Å²) in [5, 5.41) is 9.82. The number of anilines is 2. The van der Waals surface area contributed by atoms with Crippen molar-refractivity contribution < 1.29 is 4.79 Å². The zero-order chi connectivity index (χ0) is 20.1. The summed E-state index contributed by atoms with van der Waals surface area (Å²) in [7, 11) is 0. The minimum absolute atomic E-state index is 0.184. The number of nitrogens with two attached hydrogens (primary N) is 1. The zero-order valence-corrected chi connectivity index (χ0v) is 16.3. The molecule has 2 aromatic heterocycles. The molecule has 1 amide bonds. The molecule has 0 spiro atoms. The fraction of sp³-hybridized carbons (Fsp3) is 0.333. The Bertz CT molecular complexity index is 942. The number of rotatable bonds is 5. The van der Waals surface area contributed by atoms with E-state index in [0.717, 1.165) is 24.5 Å². The van der Waals surface area contributed by atoms with Gasteiger partial charge in [0.25, 0.3) is 5.91 Å². The van der Waals surface area contributed by atoms with Gasteiger partial charge in [0, 0.05) is 30.5 Å². The molecule has 0 radical (unpaired) electrons. The molecule has 0 aliphatic carbocycles. The molecule has 1 aliphatic heterocycles. The minimum Gasteiger partial charge on any atom is -0.357 e. The molecule has 1 aliphatic rings. The van der Waals surface area contributed by atoms with Crippen LogP contribution in [0, 0.1) is 0 Å². The molecule has 4 N–H and O–H groups in total. The van der Waals surface area contributed by atoms with Crippen molar-refractivity contribution in [2.24, 2.45) is 5.73 Å². The molecule has 4 rings (SSSR count). The number of hydrogen-bond donors (Lipinski definition) is 3. The average molecular weight is 391 g/mol. The van der Waals surface area contributed by atoms with E-state index in [4.69, 9.17) is 5.73 Å². The van der Waals surface area contributed by atoms with E-state index >= 15 is 0 Å². The highest BCUT2D eigenvalue weighted by Crippen LogP contribution is 2.20. The maximum absolute atomic E-state index is 12.5. The van der Waals surface area contributed by atoms with Gasteiger partial charge in [-0.3, -0.25) is 9.89 Å². The van der Waals surface area contributed by atoms with Gasteiger partial charge in [-0.05, 0) is 49.2 Å². The van der Waals surface area contributed by atoms with E-state index in [9.17, 15) is 4.79 Å². The quantitative estimate of drug-likeness (QED) is 0.616. The van der Waals surface area contributed by atoms with Crippen LogP contribution in [0.4, 0.5) is 11.5 Å². The number of benzene rings is 1. The summed E-state index contributed by atoms with van der Waals surface area (Å²) in [5.41, 5.74) is 7.63. The Labute approximate surface area is 169 Å². The van der Waals surface area contributed by atoms with Crippen molar-refractivity contribution in [3.63, 3.8) is 0 Å². The summed E-state index contributed by atoms with van der Waals surface area (Å²) in [6, 6.07) is 11.1. The summed E-state index contributed by atoms with van der Waals surface area (Å²) in [5.74, 6) is 1.97. The Morgan fingerprint density at radius 1 is 1.07 bits per heavy atom. The summed E-state index contributed by atoms with van der Waals surface area (Å²) in [6.07, 6.45) is 6.59. The number of hydrogen-bond acceptors (Lipinski definition) is 6. The van der Waals surface area contributed by atoms with E-state index in [2.05, 4.69) is 30.4 Å². The second-order valence-electron chi connectivity index (χ2n) is 7.15. The van der Waals surface area contributed by atoms with Crippen LogP contribution in [0.5, 0.6) is 0 Å². The highest BCUT2D eigenvalue weighted by Gasteiger charge is 2.13. The van der Waals surface area contributed by atoms with Crippen molar-refractivity contribution in [2.75, 3.05) is 23.3 Å². The molecule has 0 saturated carbocycles. The van der Waals surface area contributed by atoms with Crippen LogP contribution in [0.25, 0.3) is 11.4 Å². The van der Waals surface area contributed by atoms with E-state index in [1.165, 1.54) is 25.7 Å². The van der Waals surface area contributed by atoms with Gasteiger partial charge in [0.2, 0.25) is 0 Å². The van der Waals surface area contributed by atoms with Crippen LogP contribution in [0.3, 0.4) is 0 Å². The molecule has 1 fully saturated rings. The number of nitrogens with one attached hydrogen (secondary N) is 2. The van der Waals surface area contributed by atoms with Gasteiger partial charge >= 0.3 is 0 Å². The second-order valence-corrected chi connectivity index (χ2v) is 7.15. The van der Waals surface area contributed by atoms with Crippen LogP contribution >= 0.6 is 0 Å². The molecule has 150 valence electrons. The van der Waals surface area contributed by atoms with Crippen LogP contribution in [0.15, 0.2) is 42.6 Å². The molecule has 8 heteroatoms. The number of nitrogens with zero attached hydrogens (tertiary/aromatic N) is 4. The summed E-state index contributed by atoms with van der Waals surface area (Å²) in [4.78, 5) is 23.6. The zero-order valence-electron chi connectivity index (χ0n) is 16.3. The largest absolute Gasteiger partial charge is 0.357 e. The van der Waals surface area contributed by atoms with Crippen LogP contribution in [-0.4, -0.2) is 39.2 Å². The topological polar surface area (TPSA) is 113 Å². The molecular weight excluding hydrogens is 366 g/mol. The van der Waals surface area contributed by atoms with Crippen LogP contribution in [0.1, 0.15) is 41.9 Å². The van der Waals surface area contributed by atoms with Gasteiger partial charge in [-0.2, -0.15) is 5.10 Å². The fourth-order valence-electron chi connectivity index (χ4n) is 3.43. The van der Waals surface area contributed by atoms with E-state index in [1.807, 2.05) is 36.4 Å². The van der Waals surface area contributed by atoms with E-state index in [0.29, 0.717) is 29.4 Å². The third kappa shape index (κ3) is 4.60. The maximum atomic E-state index is 12.5. The second kappa shape index (κ2) is 8.83. The number of aromatic nitrogens is 4. The lowest BCUT2D eigenvalue weighted by Gasteiger charge is -2.21. The number of amides is 1. The first-order valence-corrected chi connectivity index (χ1v) is 9.97. The Kier molecular flexibility index (Phi) is 5.81. The minimum atomic E-state index is -0.184. The Balaban J connectivity index is 1.39. The summed E-state index contributed by atoms with van der Waals surface area (Å²) < 4.78 is 0. The number of carbonyl (C=O) groups is 1. The summed E-state index contributed by atoms with van der Waals surface area (Å²) >= 11 is 0. The van der Waals surface area contributed by atoms with Crippen LogP contribution in [0.2, 0.25) is 0 Å². The molecule has 3 aromatic rings. The van der Waals surface area contributed by atoms with Crippen molar-refractivity contribution in [1.29, 1.82) is 0 Å². The average Bonchev–Trinajstić information content (AvgIpc) is 3.08. The number of carbonyl (C=O) groups excluding carboxylic acids is 1. The first-order chi connectivity index (χ1) is 14.2. The number of pyridine rings is 1. The SMILES string of the molecule is NCc1nc(-c2ccc(NC(=O)c3ccc(N4CCCCCC4)nc3)cc2)n[nH]1. The van der Waals surface area contributed by atoms with Gasteiger partial charge in [0.15, 0.2) is 5.82 Å². The van der Waals surface area contributed by atoms with Gasteiger partial charge < -0.3 is 16.0 Å². The smallest absolute Gasteiger partial charge is 0.257 e. The van der Waals surface area contributed by atoms with Crippen molar-refractivity contribution >= 4 is 17.4 Å². The van der Waals surface area contributed by atoms with Crippen molar-refractivity contribution in [3.05, 3.63) is 54.0 Å². The molecule has 1 aromatic carbocycles. The molecule has 29 heavy (non-hydrogen) atoms. The predicted octanol–water partition coefficient (Wildman–Crippen LogP) is 2.96. The Morgan fingerprint density at radius 3 is 2.45 bits per heavy atom. The molecule has 0 unspecified atom stereocenters. The molecule has 8 nitrogen and oxygen atoms in total. The fourth-order valence-corrected chi connectivity index (χ4v) is 3.43. The Morgan fingerprint density at radius 2 is 1.83 bits per heavy atom. The third-order valence-corrected chi connectivity index (χ3v) is 5.07. The van der Waals surface area contributed by atoms with Crippen LogP contribution < -0.4 is 16.0 Å². The molecule has 1 saturated heterocycles. The van der Waals surface area contributed by atoms with Crippen molar-refractivity contribution in [2.45, 2.75) is 32.2 Å². The van der Waals surface area contributed by atoms with Gasteiger partial charge in [0.05, 0.1) is 12.1 Å². The van der Waals surface area contributed by atoms with Gasteiger partial charge in [-0.15, -0.1) is 0 Å². The van der Waals surface area contributed by atoms with Gasteiger partial charge in [0.1, 0.15) is 11.6 Å². The lowest BCUT2D eigenvalue weighted by molar-refractivity contribution is 0.102. The van der Waals surface area contributed by atoms with E-state index in [-0.39, 0.29) is 5.91 Å².